The van der Waals surface area contributed by atoms with Crippen molar-refractivity contribution in [1.82, 2.24) is 0 Å². The van der Waals surface area contributed by atoms with E-state index in [1.807, 2.05) is 30.3 Å². The quantitative estimate of drug-likeness (QED) is 0.545. The minimum Gasteiger partial charge on any atom is -0.465 e. The van der Waals surface area contributed by atoms with Crippen LogP contribution in [0, 0.1) is 5.41 Å². The third kappa shape index (κ3) is 4.88. The van der Waals surface area contributed by atoms with Crippen molar-refractivity contribution in [3.63, 3.8) is 0 Å². The molecule has 0 aliphatic carbocycles. The summed E-state index contributed by atoms with van der Waals surface area (Å²) >= 11 is 0. The molecule has 0 aliphatic rings. The Labute approximate surface area is 126 Å². The first-order valence-electron chi connectivity index (χ1n) is 7.43. The van der Waals surface area contributed by atoms with E-state index in [1.54, 1.807) is 20.8 Å². The van der Waals surface area contributed by atoms with Gasteiger partial charge >= 0.3 is 11.9 Å². The van der Waals surface area contributed by atoms with E-state index < -0.39 is 17.4 Å². The lowest BCUT2D eigenvalue weighted by atomic mass is 9.84. The maximum atomic E-state index is 12.1. The van der Waals surface area contributed by atoms with Gasteiger partial charge in [0.1, 0.15) is 0 Å². The Kier molecular flexibility index (Phi) is 6.92. The van der Waals surface area contributed by atoms with Gasteiger partial charge in [0.05, 0.1) is 13.2 Å². The van der Waals surface area contributed by atoms with Gasteiger partial charge in [0.25, 0.3) is 0 Å². The topological polar surface area (TPSA) is 52.6 Å². The average Bonchev–Trinajstić information content (AvgIpc) is 2.48. The first-order valence-corrected chi connectivity index (χ1v) is 7.43. The van der Waals surface area contributed by atoms with Gasteiger partial charge in [0.2, 0.25) is 0 Å². The highest BCUT2D eigenvalue weighted by molar-refractivity contribution is 5.99. The normalized spacial score (nSPS) is 11.0. The molecule has 0 heterocycles. The Morgan fingerprint density at radius 1 is 1.00 bits per heavy atom. The van der Waals surface area contributed by atoms with Crippen molar-refractivity contribution in [2.75, 3.05) is 13.2 Å². The summed E-state index contributed by atoms with van der Waals surface area (Å²) in [5.74, 6) is -1.01. The van der Waals surface area contributed by atoms with Gasteiger partial charge in [-0.1, -0.05) is 30.3 Å². The number of ether oxygens (including phenoxy) is 2. The second kappa shape index (κ2) is 8.45. The summed E-state index contributed by atoms with van der Waals surface area (Å²) in [6.07, 6.45) is 1.95. The summed E-state index contributed by atoms with van der Waals surface area (Å²) in [5.41, 5.74) is -0.0339. The van der Waals surface area contributed by atoms with Gasteiger partial charge in [-0.05, 0) is 45.6 Å². The zero-order valence-electron chi connectivity index (χ0n) is 13.1. The highest BCUT2D eigenvalue weighted by Crippen LogP contribution is 2.28. The van der Waals surface area contributed by atoms with Crippen molar-refractivity contribution in [3.05, 3.63) is 35.9 Å². The maximum Gasteiger partial charge on any atom is 0.323 e. The van der Waals surface area contributed by atoms with Crippen molar-refractivity contribution in [2.45, 2.75) is 40.0 Å². The van der Waals surface area contributed by atoms with Gasteiger partial charge < -0.3 is 9.47 Å². The molecule has 0 aliphatic heterocycles. The fourth-order valence-electron chi connectivity index (χ4n) is 2.16. The zero-order valence-corrected chi connectivity index (χ0v) is 13.1. The summed E-state index contributed by atoms with van der Waals surface area (Å²) in [6.45, 7) is 5.58. The lowest BCUT2D eigenvalue weighted by Crippen LogP contribution is -2.39. The molecule has 0 N–H and O–H groups in total. The van der Waals surface area contributed by atoms with Gasteiger partial charge in [-0.25, -0.2) is 0 Å². The van der Waals surface area contributed by atoms with E-state index in [0.29, 0.717) is 6.42 Å². The number of aryl methyl sites for hydroxylation is 1. The first-order chi connectivity index (χ1) is 10.0. The van der Waals surface area contributed by atoms with Crippen LogP contribution in [0.2, 0.25) is 0 Å². The van der Waals surface area contributed by atoms with Crippen LogP contribution in [0.1, 0.15) is 39.2 Å². The number of rotatable bonds is 8. The molecule has 4 heteroatoms. The van der Waals surface area contributed by atoms with E-state index in [2.05, 4.69) is 0 Å². The SMILES string of the molecule is CCOC(=O)C(C)(CCCc1ccccc1)C(=O)OCC. The Balaban J connectivity index is 2.68. The maximum absolute atomic E-state index is 12.1. The minimum absolute atomic E-state index is 0.256. The molecule has 0 saturated carbocycles. The number of carbonyl (C=O) groups is 2. The summed E-state index contributed by atoms with van der Waals surface area (Å²) < 4.78 is 10.1. The van der Waals surface area contributed by atoms with Crippen LogP contribution >= 0.6 is 0 Å². The highest BCUT2D eigenvalue weighted by atomic mass is 16.6. The number of carbonyl (C=O) groups excluding carboxylic acids is 2. The molecule has 4 nitrogen and oxygen atoms in total. The third-order valence-electron chi connectivity index (χ3n) is 3.44. The number of hydrogen-bond donors (Lipinski definition) is 0. The fourth-order valence-corrected chi connectivity index (χ4v) is 2.16. The zero-order chi connectivity index (χ0) is 15.7. The monoisotopic (exact) mass is 292 g/mol. The van der Waals surface area contributed by atoms with Crippen LogP contribution < -0.4 is 0 Å². The van der Waals surface area contributed by atoms with Gasteiger partial charge in [0.15, 0.2) is 5.41 Å². The molecule has 0 atom stereocenters. The van der Waals surface area contributed by atoms with Crippen LogP contribution in [-0.4, -0.2) is 25.2 Å². The van der Waals surface area contributed by atoms with Crippen LogP contribution in [-0.2, 0) is 25.5 Å². The molecule has 0 bridgehead atoms. The number of benzene rings is 1. The minimum atomic E-state index is -1.22. The predicted octanol–water partition coefficient (Wildman–Crippen LogP) is 3.14. The Bertz CT molecular complexity index is 435. The van der Waals surface area contributed by atoms with Crippen LogP contribution in [0.15, 0.2) is 30.3 Å². The van der Waals surface area contributed by atoms with Crippen molar-refractivity contribution in [1.29, 1.82) is 0 Å². The highest BCUT2D eigenvalue weighted by Gasteiger charge is 2.43. The summed E-state index contributed by atoms with van der Waals surface area (Å²) in [6, 6.07) is 9.99. The van der Waals surface area contributed by atoms with Crippen LogP contribution in [0.5, 0.6) is 0 Å². The van der Waals surface area contributed by atoms with E-state index in [0.717, 1.165) is 12.8 Å². The van der Waals surface area contributed by atoms with Crippen molar-refractivity contribution in [3.8, 4) is 0 Å². The van der Waals surface area contributed by atoms with Gasteiger partial charge in [-0.2, -0.15) is 0 Å². The van der Waals surface area contributed by atoms with Crippen LogP contribution in [0.3, 0.4) is 0 Å². The largest absolute Gasteiger partial charge is 0.465 e. The molecule has 21 heavy (non-hydrogen) atoms. The van der Waals surface area contributed by atoms with E-state index >= 15 is 0 Å². The van der Waals surface area contributed by atoms with Gasteiger partial charge in [-0.3, -0.25) is 9.59 Å². The molecule has 0 amide bonds. The molecule has 0 saturated heterocycles. The molecule has 0 radical (unpaired) electrons. The first kappa shape index (κ1) is 17.2. The van der Waals surface area contributed by atoms with E-state index in [1.165, 1.54) is 5.56 Å². The molecule has 0 aromatic heterocycles. The number of hydrogen-bond acceptors (Lipinski definition) is 4. The number of esters is 2. The third-order valence-corrected chi connectivity index (χ3v) is 3.44. The van der Waals surface area contributed by atoms with Crippen molar-refractivity contribution < 1.29 is 19.1 Å². The van der Waals surface area contributed by atoms with Gasteiger partial charge in [-0.15, -0.1) is 0 Å². The molecule has 0 unspecified atom stereocenters. The fraction of sp³-hybridized carbons (Fsp3) is 0.529. The molecule has 1 aromatic carbocycles. The molecule has 1 rings (SSSR count). The average molecular weight is 292 g/mol. The summed E-state index contributed by atoms with van der Waals surface area (Å²) in [7, 11) is 0. The lowest BCUT2D eigenvalue weighted by molar-refractivity contribution is -0.171. The van der Waals surface area contributed by atoms with E-state index in [-0.39, 0.29) is 13.2 Å². The second-order valence-electron chi connectivity index (χ2n) is 5.11. The van der Waals surface area contributed by atoms with Crippen molar-refractivity contribution in [2.24, 2.45) is 5.41 Å². The molecule has 1 aromatic rings. The van der Waals surface area contributed by atoms with Gasteiger partial charge in [0, 0.05) is 0 Å². The Morgan fingerprint density at radius 3 is 2.00 bits per heavy atom. The molecule has 0 fully saturated rings. The van der Waals surface area contributed by atoms with Crippen LogP contribution in [0.25, 0.3) is 0 Å². The summed E-state index contributed by atoms with van der Waals surface area (Å²) in [5, 5.41) is 0. The van der Waals surface area contributed by atoms with Crippen molar-refractivity contribution >= 4 is 11.9 Å². The lowest BCUT2D eigenvalue weighted by Gasteiger charge is -2.24. The molecular weight excluding hydrogens is 268 g/mol. The van der Waals surface area contributed by atoms with E-state index in [4.69, 9.17) is 9.47 Å². The molecule has 0 spiro atoms. The smallest absolute Gasteiger partial charge is 0.323 e. The molecule has 116 valence electrons. The molecular formula is C17H24O4. The summed E-state index contributed by atoms with van der Waals surface area (Å²) in [4.78, 5) is 24.2. The van der Waals surface area contributed by atoms with E-state index in [9.17, 15) is 9.59 Å². The standard InChI is InChI=1S/C17H24O4/c1-4-20-15(18)17(3,16(19)21-5-2)13-9-12-14-10-7-6-8-11-14/h6-8,10-11H,4-5,9,12-13H2,1-3H3. The predicted molar refractivity (Wildman–Crippen MR) is 80.8 cm³/mol. The Morgan fingerprint density at radius 2 is 1.52 bits per heavy atom. The Hall–Kier alpha value is -1.84. The second-order valence-corrected chi connectivity index (χ2v) is 5.11. The van der Waals surface area contributed by atoms with Crippen LogP contribution in [0.4, 0.5) is 0 Å².